The summed E-state index contributed by atoms with van der Waals surface area (Å²) < 4.78 is 0. The van der Waals surface area contributed by atoms with Crippen molar-refractivity contribution < 1.29 is 5.11 Å². The van der Waals surface area contributed by atoms with Crippen LogP contribution in [-0.4, -0.2) is 0 Å². The summed E-state index contributed by atoms with van der Waals surface area (Å²) in [5, 5.41) is 11.9. The SMILES string of the molecule is Cc1ccccc1C([O-])=C1C=CC=C1. The van der Waals surface area contributed by atoms with E-state index in [2.05, 4.69) is 0 Å². The van der Waals surface area contributed by atoms with Gasteiger partial charge in [-0.2, -0.15) is 0 Å². The van der Waals surface area contributed by atoms with Crippen LogP contribution in [0.15, 0.2) is 54.1 Å². The Morgan fingerprint density at radius 1 is 1.07 bits per heavy atom. The van der Waals surface area contributed by atoms with Gasteiger partial charge in [-0.15, -0.1) is 0 Å². The maximum absolute atomic E-state index is 11.9. The second kappa shape index (κ2) is 3.54. The molecule has 2 rings (SSSR count). The number of allylic oxidation sites excluding steroid dienone is 5. The van der Waals surface area contributed by atoms with Gasteiger partial charge in [0.05, 0.1) is 0 Å². The number of aryl methyl sites for hydroxylation is 1. The highest BCUT2D eigenvalue weighted by molar-refractivity contribution is 5.69. The highest BCUT2D eigenvalue weighted by Crippen LogP contribution is 2.20. The third kappa shape index (κ3) is 1.49. The zero-order valence-electron chi connectivity index (χ0n) is 8.03. The zero-order valence-corrected chi connectivity index (χ0v) is 8.03. The van der Waals surface area contributed by atoms with Gasteiger partial charge in [-0.25, -0.2) is 0 Å². The molecule has 0 saturated heterocycles. The third-order valence-corrected chi connectivity index (χ3v) is 2.31. The minimum Gasteiger partial charge on any atom is -0.872 e. The van der Waals surface area contributed by atoms with E-state index in [1.807, 2.05) is 55.5 Å². The molecule has 0 saturated carbocycles. The summed E-state index contributed by atoms with van der Waals surface area (Å²) in [6, 6.07) is 7.65. The summed E-state index contributed by atoms with van der Waals surface area (Å²) in [4.78, 5) is 0. The van der Waals surface area contributed by atoms with Crippen molar-refractivity contribution in [1.82, 2.24) is 0 Å². The molecule has 1 aliphatic carbocycles. The Labute approximate surface area is 83.7 Å². The molecule has 0 bridgehead atoms. The lowest BCUT2D eigenvalue weighted by atomic mass is 10.0. The Bertz CT molecular complexity index is 422. The van der Waals surface area contributed by atoms with Crippen molar-refractivity contribution in [3.8, 4) is 0 Å². The van der Waals surface area contributed by atoms with Crippen LogP contribution in [-0.2, 0) is 0 Å². The maximum atomic E-state index is 11.9. The molecule has 14 heavy (non-hydrogen) atoms. The van der Waals surface area contributed by atoms with Gasteiger partial charge < -0.3 is 5.11 Å². The summed E-state index contributed by atoms with van der Waals surface area (Å²) in [6.07, 6.45) is 7.44. The van der Waals surface area contributed by atoms with Crippen molar-refractivity contribution in [1.29, 1.82) is 0 Å². The van der Waals surface area contributed by atoms with Crippen LogP contribution in [0.5, 0.6) is 0 Å². The van der Waals surface area contributed by atoms with Gasteiger partial charge in [0.25, 0.3) is 0 Å². The predicted octanol–water partition coefficient (Wildman–Crippen LogP) is 2.19. The van der Waals surface area contributed by atoms with Crippen molar-refractivity contribution in [3.63, 3.8) is 0 Å². The van der Waals surface area contributed by atoms with E-state index in [0.717, 1.165) is 16.7 Å². The Hall–Kier alpha value is -1.76. The largest absolute Gasteiger partial charge is 0.872 e. The van der Waals surface area contributed by atoms with Gasteiger partial charge in [0.15, 0.2) is 0 Å². The topological polar surface area (TPSA) is 23.1 Å². The molecule has 0 amide bonds. The minimum absolute atomic E-state index is 0.105. The molecule has 0 unspecified atom stereocenters. The molecule has 1 aromatic rings. The zero-order chi connectivity index (χ0) is 9.97. The van der Waals surface area contributed by atoms with Crippen molar-refractivity contribution in [3.05, 3.63) is 65.3 Å². The van der Waals surface area contributed by atoms with Crippen molar-refractivity contribution >= 4 is 5.76 Å². The molecule has 1 nitrogen and oxygen atoms in total. The molecule has 70 valence electrons. The van der Waals surface area contributed by atoms with Crippen LogP contribution >= 0.6 is 0 Å². The summed E-state index contributed by atoms with van der Waals surface area (Å²) in [6.45, 7) is 1.95. The highest BCUT2D eigenvalue weighted by atomic mass is 16.3. The van der Waals surface area contributed by atoms with Crippen molar-refractivity contribution in [2.75, 3.05) is 0 Å². The molecule has 0 heterocycles. The van der Waals surface area contributed by atoms with Crippen LogP contribution < -0.4 is 5.11 Å². The van der Waals surface area contributed by atoms with Crippen LogP contribution in [0, 0.1) is 6.92 Å². The number of hydrogen-bond donors (Lipinski definition) is 0. The Morgan fingerprint density at radius 3 is 2.36 bits per heavy atom. The summed E-state index contributed by atoms with van der Waals surface area (Å²) in [7, 11) is 0. The molecule has 0 fully saturated rings. The first-order valence-corrected chi connectivity index (χ1v) is 4.61. The van der Waals surface area contributed by atoms with E-state index in [-0.39, 0.29) is 5.76 Å². The molecule has 0 radical (unpaired) electrons. The number of rotatable bonds is 1. The fraction of sp³-hybridized carbons (Fsp3) is 0.0769. The molecular weight excluding hydrogens is 172 g/mol. The van der Waals surface area contributed by atoms with Gasteiger partial charge in [0.1, 0.15) is 0 Å². The van der Waals surface area contributed by atoms with Crippen LogP contribution in [0.4, 0.5) is 0 Å². The van der Waals surface area contributed by atoms with E-state index in [1.165, 1.54) is 0 Å². The lowest BCUT2D eigenvalue weighted by Crippen LogP contribution is -2.05. The highest BCUT2D eigenvalue weighted by Gasteiger charge is 1.99. The van der Waals surface area contributed by atoms with E-state index in [9.17, 15) is 5.11 Å². The molecule has 0 aliphatic heterocycles. The van der Waals surface area contributed by atoms with Gasteiger partial charge in [-0.05, 0) is 23.6 Å². The van der Waals surface area contributed by atoms with Gasteiger partial charge >= 0.3 is 0 Å². The Morgan fingerprint density at radius 2 is 1.71 bits per heavy atom. The summed E-state index contributed by atoms with van der Waals surface area (Å²) in [5.41, 5.74) is 2.58. The van der Waals surface area contributed by atoms with E-state index in [4.69, 9.17) is 0 Å². The fourth-order valence-corrected chi connectivity index (χ4v) is 1.51. The van der Waals surface area contributed by atoms with Crippen LogP contribution in [0.1, 0.15) is 11.1 Å². The second-order valence-corrected chi connectivity index (χ2v) is 3.32. The first-order valence-electron chi connectivity index (χ1n) is 4.61. The third-order valence-electron chi connectivity index (χ3n) is 2.31. The first-order chi connectivity index (χ1) is 6.79. The van der Waals surface area contributed by atoms with Crippen LogP contribution in [0.2, 0.25) is 0 Å². The van der Waals surface area contributed by atoms with Gasteiger partial charge in [0.2, 0.25) is 0 Å². The average molecular weight is 183 g/mol. The maximum Gasteiger partial charge on any atom is -0.0300 e. The van der Waals surface area contributed by atoms with E-state index < -0.39 is 0 Å². The van der Waals surface area contributed by atoms with Crippen molar-refractivity contribution in [2.24, 2.45) is 0 Å². The molecule has 0 aromatic heterocycles. The molecule has 1 heteroatoms. The Kier molecular flexibility index (Phi) is 2.23. The predicted molar refractivity (Wildman–Crippen MR) is 56.4 cm³/mol. The number of benzene rings is 1. The molecule has 0 atom stereocenters. The minimum atomic E-state index is 0.105. The molecular formula is C13H11O-. The first kappa shape index (κ1) is 8.82. The van der Waals surface area contributed by atoms with Gasteiger partial charge in [-0.3, -0.25) is 0 Å². The normalized spacial score (nSPS) is 13.6. The van der Waals surface area contributed by atoms with Crippen LogP contribution in [0.3, 0.4) is 0 Å². The van der Waals surface area contributed by atoms with Crippen molar-refractivity contribution in [2.45, 2.75) is 6.92 Å². The van der Waals surface area contributed by atoms with Crippen LogP contribution in [0.25, 0.3) is 5.76 Å². The van der Waals surface area contributed by atoms with E-state index >= 15 is 0 Å². The fourth-order valence-electron chi connectivity index (χ4n) is 1.51. The lowest BCUT2D eigenvalue weighted by Gasteiger charge is -2.16. The second-order valence-electron chi connectivity index (χ2n) is 3.32. The van der Waals surface area contributed by atoms with Gasteiger partial charge in [-0.1, -0.05) is 54.3 Å². The lowest BCUT2D eigenvalue weighted by molar-refractivity contribution is -0.244. The van der Waals surface area contributed by atoms with E-state index in [1.54, 1.807) is 0 Å². The smallest absolute Gasteiger partial charge is 0.0300 e. The summed E-state index contributed by atoms with van der Waals surface area (Å²) in [5.74, 6) is 0.105. The quantitative estimate of drug-likeness (QED) is 0.612. The monoisotopic (exact) mass is 183 g/mol. The van der Waals surface area contributed by atoms with Gasteiger partial charge in [0, 0.05) is 0 Å². The molecule has 0 N–H and O–H groups in total. The molecule has 1 aromatic carbocycles. The standard InChI is InChI=1S/C13H12O/c1-10-6-2-5-9-12(10)13(14)11-7-3-4-8-11/h2-9,14H,1H3/p-1. The molecule has 1 aliphatic rings. The Balaban J connectivity index is 2.51. The number of hydrogen-bond acceptors (Lipinski definition) is 1. The average Bonchev–Trinajstić information content (AvgIpc) is 2.70. The van der Waals surface area contributed by atoms with E-state index in [0.29, 0.717) is 0 Å². The molecule has 0 spiro atoms. The summed E-state index contributed by atoms with van der Waals surface area (Å²) >= 11 is 0.